The van der Waals surface area contributed by atoms with Crippen LogP contribution in [0.15, 0.2) is 41.8 Å². The molecule has 0 saturated carbocycles. The maximum absolute atomic E-state index is 11.9. The Morgan fingerprint density at radius 2 is 1.90 bits per heavy atom. The van der Waals surface area contributed by atoms with E-state index in [-0.39, 0.29) is 4.90 Å². The van der Waals surface area contributed by atoms with Gasteiger partial charge in [0.25, 0.3) is 0 Å². The largest absolute Gasteiger partial charge is 0.381 e. The topological polar surface area (TPSA) is 84.0 Å². The summed E-state index contributed by atoms with van der Waals surface area (Å²) < 4.78 is 26.1. The highest BCUT2D eigenvalue weighted by atomic mass is 32.2. The van der Waals surface area contributed by atoms with Crippen LogP contribution in [0, 0.1) is 6.92 Å². The Bertz CT molecular complexity index is 687. The van der Waals surface area contributed by atoms with Crippen LogP contribution in [0.25, 0.3) is 0 Å². The summed E-state index contributed by atoms with van der Waals surface area (Å²) >= 11 is 0. The Balaban J connectivity index is 2.20. The van der Waals surface area contributed by atoms with Crippen LogP contribution >= 0.6 is 0 Å². The summed E-state index contributed by atoms with van der Waals surface area (Å²) in [6, 6.07) is 5.23. The number of nitrogens with zero attached hydrogens (tertiary/aromatic N) is 2. The van der Waals surface area contributed by atoms with Gasteiger partial charge in [-0.05, 0) is 31.7 Å². The van der Waals surface area contributed by atoms with E-state index in [2.05, 4.69) is 20.0 Å². The molecule has 0 aliphatic heterocycles. The minimum absolute atomic E-state index is 0.273. The molecule has 0 aliphatic carbocycles. The van der Waals surface area contributed by atoms with Crippen LogP contribution in [0.2, 0.25) is 0 Å². The summed E-state index contributed by atoms with van der Waals surface area (Å²) in [5, 5.41) is 3.15. The molecule has 7 heteroatoms. The standard InChI is InChI=1S/C13H16N4O2S/c1-10-3-4-12(5-13(10)20(18,19)14-2)17-8-11-6-15-9-16-7-11/h3-7,9,14,17H,8H2,1-2H3. The van der Waals surface area contributed by atoms with Crippen molar-refractivity contribution in [1.29, 1.82) is 0 Å². The monoisotopic (exact) mass is 292 g/mol. The minimum atomic E-state index is -3.45. The number of hydrogen-bond donors (Lipinski definition) is 2. The minimum Gasteiger partial charge on any atom is -0.381 e. The third-order valence-corrected chi connectivity index (χ3v) is 4.41. The van der Waals surface area contributed by atoms with E-state index < -0.39 is 10.0 Å². The second-order valence-corrected chi connectivity index (χ2v) is 6.14. The van der Waals surface area contributed by atoms with E-state index in [9.17, 15) is 8.42 Å². The van der Waals surface area contributed by atoms with Gasteiger partial charge in [0.1, 0.15) is 6.33 Å². The number of anilines is 1. The fourth-order valence-corrected chi connectivity index (χ4v) is 2.73. The zero-order valence-electron chi connectivity index (χ0n) is 11.3. The second-order valence-electron chi connectivity index (χ2n) is 4.29. The molecule has 2 N–H and O–H groups in total. The van der Waals surface area contributed by atoms with Crippen LogP contribution in [0.3, 0.4) is 0 Å². The van der Waals surface area contributed by atoms with Gasteiger partial charge in [-0.3, -0.25) is 0 Å². The molecule has 106 valence electrons. The maximum atomic E-state index is 11.9. The summed E-state index contributed by atoms with van der Waals surface area (Å²) in [7, 11) is -2.05. The molecule has 1 heterocycles. The lowest BCUT2D eigenvalue weighted by Crippen LogP contribution is -2.19. The molecule has 0 radical (unpaired) electrons. The van der Waals surface area contributed by atoms with Crippen molar-refractivity contribution >= 4 is 15.7 Å². The smallest absolute Gasteiger partial charge is 0.240 e. The molecule has 0 saturated heterocycles. The lowest BCUT2D eigenvalue weighted by atomic mass is 10.2. The molecule has 2 rings (SSSR count). The van der Waals surface area contributed by atoms with Gasteiger partial charge in [-0.1, -0.05) is 6.07 Å². The van der Waals surface area contributed by atoms with E-state index in [0.29, 0.717) is 12.1 Å². The van der Waals surface area contributed by atoms with Crippen LogP contribution in [-0.2, 0) is 16.6 Å². The predicted molar refractivity (Wildman–Crippen MR) is 76.8 cm³/mol. The molecule has 2 aromatic rings. The fraction of sp³-hybridized carbons (Fsp3) is 0.231. The summed E-state index contributed by atoms with van der Waals surface area (Å²) in [4.78, 5) is 8.12. The molecule has 0 fully saturated rings. The van der Waals surface area contributed by atoms with Crippen molar-refractivity contribution in [2.45, 2.75) is 18.4 Å². The van der Waals surface area contributed by atoms with Crippen molar-refractivity contribution in [2.24, 2.45) is 0 Å². The Kier molecular flexibility index (Phi) is 4.31. The van der Waals surface area contributed by atoms with Crippen molar-refractivity contribution in [3.8, 4) is 0 Å². The zero-order valence-corrected chi connectivity index (χ0v) is 12.1. The first kappa shape index (κ1) is 14.4. The molecule has 0 amide bonds. The Labute approximate surface area is 118 Å². The maximum Gasteiger partial charge on any atom is 0.240 e. The van der Waals surface area contributed by atoms with Crippen LogP contribution < -0.4 is 10.0 Å². The van der Waals surface area contributed by atoms with E-state index in [4.69, 9.17) is 0 Å². The van der Waals surface area contributed by atoms with Crippen LogP contribution in [0.4, 0.5) is 5.69 Å². The van der Waals surface area contributed by atoms with Crippen molar-refractivity contribution in [2.75, 3.05) is 12.4 Å². The van der Waals surface area contributed by atoms with Gasteiger partial charge >= 0.3 is 0 Å². The van der Waals surface area contributed by atoms with Crippen molar-refractivity contribution in [3.05, 3.63) is 48.0 Å². The SMILES string of the molecule is CNS(=O)(=O)c1cc(NCc2cncnc2)ccc1C. The quantitative estimate of drug-likeness (QED) is 0.868. The van der Waals surface area contributed by atoms with E-state index in [1.807, 2.05) is 6.07 Å². The lowest BCUT2D eigenvalue weighted by Gasteiger charge is -2.11. The van der Waals surface area contributed by atoms with Gasteiger partial charge in [0.05, 0.1) is 4.90 Å². The highest BCUT2D eigenvalue weighted by molar-refractivity contribution is 7.89. The Morgan fingerprint density at radius 1 is 1.20 bits per heavy atom. The van der Waals surface area contributed by atoms with Gasteiger partial charge < -0.3 is 5.32 Å². The van der Waals surface area contributed by atoms with E-state index in [1.54, 1.807) is 31.5 Å². The average molecular weight is 292 g/mol. The number of benzene rings is 1. The number of aryl methyl sites for hydroxylation is 1. The fourth-order valence-electron chi connectivity index (χ4n) is 1.73. The van der Waals surface area contributed by atoms with Gasteiger partial charge in [0.2, 0.25) is 10.0 Å². The molecular formula is C13H16N4O2S. The second kappa shape index (κ2) is 5.98. The molecule has 1 aromatic carbocycles. The Morgan fingerprint density at radius 3 is 2.55 bits per heavy atom. The summed E-state index contributed by atoms with van der Waals surface area (Å²) in [5.74, 6) is 0. The van der Waals surface area contributed by atoms with Gasteiger partial charge in [0.15, 0.2) is 0 Å². The van der Waals surface area contributed by atoms with Crippen molar-refractivity contribution < 1.29 is 8.42 Å². The van der Waals surface area contributed by atoms with Crippen LogP contribution in [-0.4, -0.2) is 25.4 Å². The molecule has 0 atom stereocenters. The third-order valence-electron chi connectivity index (χ3n) is 2.86. The molecule has 6 nitrogen and oxygen atoms in total. The molecule has 1 aromatic heterocycles. The number of aromatic nitrogens is 2. The van der Waals surface area contributed by atoms with E-state index in [1.165, 1.54) is 13.4 Å². The summed E-state index contributed by atoms with van der Waals surface area (Å²) in [6.07, 6.45) is 4.88. The van der Waals surface area contributed by atoms with Crippen molar-refractivity contribution in [1.82, 2.24) is 14.7 Å². The van der Waals surface area contributed by atoms with E-state index >= 15 is 0 Å². The normalized spacial score (nSPS) is 11.3. The Hall–Kier alpha value is -1.99. The number of nitrogens with one attached hydrogen (secondary N) is 2. The summed E-state index contributed by atoms with van der Waals surface area (Å²) in [6.45, 7) is 2.29. The van der Waals surface area contributed by atoms with E-state index in [0.717, 1.165) is 11.3 Å². The van der Waals surface area contributed by atoms with Crippen molar-refractivity contribution in [3.63, 3.8) is 0 Å². The van der Waals surface area contributed by atoms with Gasteiger partial charge in [0, 0.05) is 30.2 Å². The zero-order chi connectivity index (χ0) is 14.6. The number of hydrogen-bond acceptors (Lipinski definition) is 5. The number of sulfonamides is 1. The molecule has 0 aliphatic rings. The molecule has 0 bridgehead atoms. The lowest BCUT2D eigenvalue weighted by molar-refractivity contribution is 0.587. The first-order valence-corrected chi connectivity index (χ1v) is 7.53. The first-order valence-electron chi connectivity index (χ1n) is 6.05. The molecule has 0 unspecified atom stereocenters. The number of rotatable bonds is 5. The molecular weight excluding hydrogens is 276 g/mol. The average Bonchev–Trinajstić information content (AvgIpc) is 2.47. The highest BCUT2D eigenvalue weighted by Gasteiger charge is 2.14. The third kappa shape index (κ3) is 3.31. The van der Waals surface area contributed by atoms with Gasteiger partial charge in [-0.2, -0.15) is 0 Å². The summed E-state index contributed by atoms with van der Waals surface area (Å²) in [5.41, 5.74) is 2.35. The van der Waals surface area contributed by atoms with Crippen LogP contribution in [0.1, 0.15) is 11.1 Å². The first-order chi connectivity index (χ1) is 9.53. The van der Waals surface area contributed by atoms with Crippen LogP contribution in [0.5, 0.6) is 0 Å². The predicted octanol–water partition coefficient (Wildman–Crippen LogP) is 1.31. The highest BCUT2D eigenvalue weighted by Crippen LogP contribution is 2.20. The molecule has 0 spiro atoms. The van der Waals surface area contributed by atoms with Gasteiger partial charge in [-0.15, -0.1) is 0 Å². The molecule has 20 heavy (non-hydrogen) atoms. The van der Waals surface area contributed by atoms with Gasteiger partial charge in [-0.25, -0.2) is 23.1 Å².